The zero-order chi connectivity index (χ0) is 15.8. The van der Waals surface area contributed by atoms with Gasteiger partial charge in [0.15, 0.2) is 0 Å². The lowest BCUT2D eigenvalue weighted by molar-refractivity contribution is 0.922. The molecule has 0 aliphatic carbocycles. The van der Waals surface area contributed by atoms with Crippen LogP contribution in [-0.4, -0.2) is 15.2 Å². The molecule has 3 aromatic heterocycles. The molecule has 0 saturated heterocycles. The molecule has 0 atom stereocenters. The minimum absolute atomic E-state index is 0.752. The van der Waals surface area contributed by atoms with Crippen molar-refractivity contribution in [2.75, 3.05) is 0 Å². The highest BCUT2D eigenvalue weighted by Gasteiger charge is 2.13. The van der Waals surface area contributed by atoms with Crippen molar-refractivity contribution < 1.29 is 0 Å². The summed E-state index contributed by atoms with van der Waals surface area (Å²) in [7, 11) is 0. The molecule has 4 rings (SSSR count). The maximum atomic E-state index is 5.99. The summed E-state index contributed by atoms with van der Waals surface area (Å²) in [5, 5.41) is 10.7. The maximum absolute atomic E-state index is 5.99. The van der Waals surface area contributed by atoms with E-state index in [2.05, 4.69) is 27.3 Å². The normalized spacial score (nSPS) is 11.2. The van der Waals surface area contributed by atoms with Crippen LogP contribution in [0.15, 0.2) is 48.7 Å². The Morgan fingerprint density at radius 3 is 2.70 bits per heavy atom. The van der Waals surface area contributed by atoms with Crippen LogP contribution in [0.4, 0.5) is 0 Å². The Balaban J connectivity index is 1.83. The van der Waals surface area contributed by atoms with Crippen LogP contribution in [0.3, 0.4) is 0 Å². The lowest BCUT2D eigenvalue weighted by Crippen LogP contribution is -1.97. The van der Waals surface area contributed by atoms with Crippen molar-refractivity contribution in [3.05, 3.63) is 70.8 Å². The van der Waals surface area contributed by atoms with Crippen molar-refractivity contribution in [3.8, 4) is 10.4 Å². The van der Waals surface area contributed by atoms with E-state index in [1.807, 2.05) is 43.5 Å². The minimum atomic E-state index is 0.752. The van der Waals surface area contributed by atoms with Crippen molar-refractivity contribution in [2.24, 2.45) is 0 Å². The van der Waals surface area contributed by atoms with E-state index in [1.165, 1.54) is 20.5 Å². The molecule has 0 saturated carbocycles. The van der Waals surface area contributed by atoms with Gasteiger partial charge < -0.3 is 4.98 Å². The molecule has 0 aliphatic heterocycles. The van der Waals surface area contributed by atoms with Gasteiger partial charge >= 0.3 is 0 Å². The first-order valence-corrected chi connectivity index (χ1v) is 8.54. The van der Waals surface area contributed by atoms with Crippen molar-refractivity contribution in [2.45, 2.75) is 13.3 Å². The minimum Gasteiger partial charge on any atom is -0.365 e. The summed E-state index contributed by atoms with van der Waals surface area (Å²) in [5.74, 6) is 0. The number of aryl methyl sites for hydroxylation is 1. The first-order chi connectivity index (χ1) is 11.2. The van der Waals surface area contributed by atoms with Gasteiger partial charge in [0, 0.05) is 33.6 Å². The fourth-order valence-corrected chi connectivity index (χ4v) is 3.91. The number of aromatic nitrogens is 3. The number of hydrogen-bond acceptors (Lipinski definition) is 3. The Bertz CT molecular complexity index is 956. The van der Waals surface area contributed by atoms with Gasteiger partial charge in [-0.25, -0.2) is 0 Å². The lowest BCUT2D eigenvalue weighted by Gasteiger charge is -2.01. The Kier molecular flexibility index (Phi) is 3.63. The summed E-state index contributed by atoms with van der Waals surface area (Å²) in [5.41, 5.74) is 4.29. The van der Waals surface area contributed by atoms with Crippen molar-refractivity contribution >= 4 is 33.0 Å². The van der Waals surface area contributed by atoms with Crippen LogP contribution in [0.1, 0.15) is 17.1 Å². The number of nitrogens with one attached hydrogen (secondary N) is 1. The van der Waals surface area contributed by atoms with E-state index in [4.69, 9.17) is 11.6 Å². The van der Waals surface area contributed by atoms with Gasteiger partial charge in [-0.2, -0.15) is 10.2 Å². The van der Waals surface area contributed by atoms with E-state index in [0.29, 0.717) is 0 Å². The molecular formula is C18H14ClN3S. The lowest BCUT2D eigenvalue weighted by atomic mass is 10.1. The highest BCUT2D eigenvalue weighted by molar-refractivity contribution is 7.22. The molecular weight excluding hydrogens is 326 g/mol. The Labute approximate surface area is 143 Å². The third-order valence-electron chi connectivity index (χ3n) is 3.84. The molecule has 0 aliphatic rings. The first kappa shape index (κ1) is 14.4. The Morgan fingerprint density at radius 1 is 1.13 bits per heavy atom. The quantitative estimate of drug-likeness (QED) is 0.554. The third kappa shape index (κ3) is 2.76. The molecule has 0 spiro atoms. The summed E-state index contributed by atoms with van der Waals surface area (Å²) >= 11 is 7.74. The summed E-state index contributed by atoms with van der Waals surface area (Å²) < 4.78 is 1.20. The summed E-state index contributed by atoms with van der Waals surface area (Å²) in [4.78, 5) is 4.44. The number of hydrogen-bond donors (Lipinski definition) is 1. The van der Waals surface area contributed by atoms with Gasteiger partial charge in [-0.3, -0.25) is 0 Å². The monoisotopic (exact) mass is 339 g/mol. The molecule has 0 bridgehead atoms. The molecule has 1 aromatic carbocycles. The number of H-pyrrole nitrogens is 1. The van der Waals surface area contributed by atoms with E-state index in [1.54, 1.807) is 11.3 Å². The number of rotatable bonds is 3. The largest absolute Gasteiger partial charge is 0.365 e. The predicted molar refractivity (Wildman–Crippen MR) is 96.2 cm³/mol. The maximum Gasteiger partial charge on any atom is 0.0778 e. The molecule has 3 nitrogen and oxygen atoms in total. The number of thiophene rings is 1. The number of fused-ring (bicyclic) bond motifs is 1. The van der Waals surface area contributed by atoms with Gasteiger partial charge in [-0.15, -0.1) is 11.3 Å². The van der Waals surface area contributed by atoms with E-state index in [9.17, 15) is 0 Å². The van der Waals surface area contributed by atoms with Crippen LogP contribution in [0.2, 0.25) is 5.02 Å². The molecule has 0 radical (unpaired) electrons. The van der Waals surface area contributed by atoms with Gasteiger partial charge in [0.05, 0.1) is 16.1 Å². The average molecular weight is 340 g/mol. The average Bonchev–Trinajstić information content (AvgIpc) is 3.21. The van der Waals surface area contributed by atoms with Crippen molar-refractivity contribution in [3.63, 3.8) is 0 Å². The highest BCUT2D eigenvalue weighted by atomic mass is 35.5. The van der Waals surface area contributed by atoms with Crippen LogP contribution in [-0.2, 0) is 6.42 Å². The molecule has 0 unspecified atom stereocenters. The molecule has 0 amide bonds. The van der Waals surface area contributed by atoms with E-state index in [-0.39, 0.29) is 0 Å². The summed E-state index contributed by atoms with van der Waals surface area (Å²) in [6.07, 6.45) is 2.69. The van der Waals surface area contributed by atoms with Crippen LogP contribution < -0.4 is 0 Å². The van der Waals surface area contributed by atoms with Crippen molar-refractivity contribution in [1.29, 1.82) is 0 Å². The van der Waals surface area contributed by atoms with Gasteiger partial charge in [0.1, 0.15) is 0 Å². The second kappa shape index (κ2) is 5.80. The van der Waals surface area contributed by atoms with Crippen LogP contribution in [0.25, 0.3) is 20.5 Å². The predicted octanol–water partition coefficient (Wildman–Crippen LogP) is 5.24. The zero-order valence-corrected chi connectivity index (χ0v) is 14.1. The molecule has 4 aromatic rings. The van der Waals surface area contributed by atoms with E-state index < -0.39 is 0 Å². The fraction of sp³-hybridized carbons (Fsp3) is 0.111. The fourth-order valence-electron chi connectivity index (χ4n) is 2.65. The standard InChI is InChI=1S/C18H14ClN3S/c1-11-18-15(16(22-21-11)9-14-3-2-8-20-14)10-17(23-18)12-4-6-13(19)7-5-12/h2-8,10,20H,9H2,1H3. The highest BCUT2D eigenvalue weighted by Crippen LogP contribution is 2.36. The van der Waals surface area contributed by atoms with Crippen molar-refractivity contribution in [1.82, 2.24) is 15.2 Å². The number of aromatic amines is 1. The molecule has 1 N–H and O–H groups in total. The van der Waals surface area contributed by atoms with Crippen LogP contribution in [0, 0.1) is 6.92 Å². The van der Waals surface area contributed by atoms with Gasteiger partial charge in [-0.05, 0) is 42.8 Å². The smallest absolute Gasteiger partial charge is 0.0778 e. The van der Waals surface area contributed by atoms with Crippen LogP contribution >= 0.6 is 22.9 Å². The second-order valence-electron chi connectivity index (χ2n) is 5.46. The molecule has 0 fully saturated rings. The van der Waals surface area contributed by atoms with E-state index in [0.717, 1.165) is 28.5 Å². The number of benzene rings is 1. The zero-order valence-electron chi connectivity index (χ0n) is 12.5. The number of nitrogens with zero attached hydrogens (tertiary/aromatic N) is 2. The molecule has 23 heavy (non-hydrogen) atoms. The Morgan fingerprint density at radius 2 is 1.96 bits per heavy atom. The molecule has 5 heteroatoms. The van der Waals surface area contributed by atoms with E-state index >= 15 is 0 Å². The molecule has 3 heterocycles. The first-order valence-electron chi connectivity index (χ1n) is 7.34. The second-order valence-corrected chi connectivity index (χ2v) is 6.95. The van der Waals surface area contributed by atoms with Crippen LogP contribution in [0.5, 0.6) is 0 Å². The van der Waals surface area contributed by atoms with Gasteiger partial charge in [-0.1, -0.05) is 23.7 Å². The Hall–Kier alpha value is -2.17. The summed E-state index contributed by atoms with van der Waals surface area (Å²) in [6.45, 7) is 2.01. The topological polar surface area (TPSA) is 41.6 Å². The number of halogens is 1. The molecule has 114 valence electrons. The summed E-state index contributed by atoms with van der Waals surface area (Å²) in [6, 6.07) is 14.2. The third-order valence-corrected chi connectivity index (χ3v) is 5.39. The SMILES string of the molecule is Cc1nnc(Cc2ccc[nH]2)c2cc(-c3ccc(Cl)cc3)sc12. The van der Waals surface area contributed by atoms with Gasteiger partial charge in [0.2, 0.25) is 0 Å². The van der Waals surface area contributed by atoms with Gasteiger partial charge in [0.25, 0.3) is 0 Å².